The summed E-state index contributed by atoms with van der Waals surface area (Å²) >= 11 is 2.93. The number of carbonyl (C=O) groups excluding carboxylic acids is 2. The third-order valence-corrected chi connectivity index (χ3v) is 2.52. The topological polar surface area (TPSA) is 52.6 Å². The summed E-state index contributed by atoms with van der Waals surface area (Å²) in [5.41, 5.74) is 0. The van der Waals surface area contributed by atoms with Gasteiger partial charge in [-0.15, -0.1) is 0 Å². The second-order valence-electron chi connectivity index (χ2n) is 3.19. The van der Waals surface area contributed by atoms with Crippen LogP contribution in [0.15, 0.2) is 0 Å². The van der Waals surface area contributed by atoms with Gasteiger partial charge in [-0.3, -0.25) is 4.79 Å². The molecule has 0 bridgehead atoms. The number of hydrogen-bond donors (Lipinski definition) is 0. The molecule has 14 heavy (non-hydrogen) atoms. The highest BCUT2D eigenvalue weighted by atomic mass is 79.9. The Labute approximate surface area is 91.1 Å². The van der Waals surface area contributed by atoms with Crippen molar-refractivity contribution in [1.82, 2.24) is 0 Å². The summed E-state index contributed by atoms with van der Waals surface area (Å²) in [4.78, 5) is 21.8. The lowest BCUT2D eigenvalue weighted by atomic mass is 10.3. The Kier molecular flexibility index (Phi) is 4.93. The predicted octanol–water partition coefficient (Wildman–Crippen LogP) is 1.41. The van der Waals surface area contributed by atoms with Gasteiger partial charge in [0.25, 0.3) is 0 Å². The number of esters is 2. The Morgan fingerprint density at radius 3 is 2.43 bits per heavy atom. The first-order chi connectivity index (χ1) is 6.72. The molecule has 0 aromatic heterocycles. The maximum atomic E-state index is 11.1. The zero-order valence-electron chi connectivity index (χ0n) is 7.83. The van der Waals surface area contributed by atoms with Gasteiger partial charge < -0.3 is 9.47 Å². The Hall–Kier alpha value is -0.580. The molecule has 0 aliphatic heterocycles. The van der Waals surface area contributed by atoms with Crippen LogP contribution in [0.2, 0.25) is 0 Å². The van der Waals surface area contributed by atoms with E-state index in [2.05, 4.69) is 20.7 Å². The number of ether oxygens (including phenoxy) is 2. The maximum absolute atomic E-state index is 11.1. The summed E-state index contributed by atoms with van der Waals surface area (Å²) in [7, 11) is 0. The summed E-state index contributed by atoms with van der Waals surface area (Å²) in [5.74, 6) is -0.903. The van der Waals surface area contributed by atoms with E-state index in [9.17, 15) is 9.59 Å². The molecule has 1 aliphatic rings. The molecule has 0 aromatic carbocycles. The number of halogens is 1. The first-order valence-corrected chi connectivity index (χ1v) is 5.75. The molecule has 0 heterocycles. The van der Waals surface area contributed by atoms with Crippen LogP contribution in [0.4, 0.5) is 0 Å². The van der Waals surface area contributed by atoms with Gasteiger partial charge in [-0.1, -0.05) is 15.9 Å². The van der Waals surface area contributed by atoms with Crippen LogP contribution in [0, 0.1) is 0 Å². The average Bonchev–Trinajstić information content (AvgIpc) is 2.66. The van der Waals surface area contributed by atoms with Gasteiger partial charge in [0.2, 0.25) is 0 Å². The molecule has 0 saturated heterocycles. The van der Waals surface area contributed by atoms with E-state index in [0.29, 0.717) is 0 Å². The zero-order valence-corrected chi connectivity index (χ0v) is 9.42. The Morgan fingerprint density at radius 2 is 1.86 bits per heavy atom. The largest absolute Gasteiger partial charge is 0.460 e. The van der Waals surface area contributed by atoms with Crippen LogP contribution in [0.5, 0.6) is 0 Å². The molecule has 4 nitrogen and oxygen atoms in total. The van der Waals surface area contributed by atoms with E-state index in [1.807, 2.05) is 0 Å². The SMILES string of the molecule is O=C(CBr)OCC(=O)OC1CCCC1. The first-order valence-electron chi connectivity index (χ1n) is 4.63. The lowest BCUT2D eigenvalue weighted by molar-refractivity contribution is -0.160. The van der Waals surface area contributed by atoms with E-state index in [4.69, 9.17) is 4.74 Å². The third kappa shape index (κ3) is 4.09. The number of rotatable bonds is 4. The van der Waals surface area contributed by atoms with Crippen molar-refractivity contribution in [1.29, 1.82) is 0 Å². The first kappa shape index (κ1) is 11.5. The number of hydrogen-bond acceptors (Lipinski definition) is 4. The van der Waals surface area contributed by atoms with E-state index in [1.54, 1.807) is 0 Å². The normalized spacial score (nSPS) is 16.6. The van der Waals surface area contributed by atoms with Crippen molar-refractivity contribution in [2.24, 2.45) is 0 Å². The minimum atomic E-state index is -0.453. The van der Waals surface area contributed by atoms with Crippen molar-refractivity contribution in [3.63, 3.8) is 0 Å². The number of alkyl halides is 1. The Balaban J connectivity index is 2.12. The van der Waals surface area contributed by atoms with Gasteiger partial charge >= 0.3 is 11.9 Å². The van der Waals surface area contributed by atoms with Gasteiger partial charge in [0.15, 0.2) is 6.61 Å². The molecule has 1 saturated carbocycles. The standard InChI is InChI=1S/C9H13BrO4/c10-5-8(11)13-6-9(12)14-7-3-1-2-4-7/h7H,1-6H2. The fourth-order valence-corrected chi connectivity index (χ4v) is 1.57. The molecular weight excluding hydrogens is 252 g/mol. The molecule has 0 aromatic rings. The van der Waals surface area contributed by atoms with Crippen LogP contribution in [0.1, 0.15) is 25.7 Å². The molecule has 1 rings (SSSR count). The fraction of sp³-hybridized carbons (Fsp3) is 0.778. The smallest absolute Gasteiger partial charge is 0.344 e. The fourth-order valence-electron chi connectivity index (χ4n) is 1.40. The zero-order chi connectivity index (χ0) is 10.4. The second-order valence-corrected chi connectivity index (χ2v) is 3.75. The molecule has 1 fully saturated rings. The average molecular weight is 265 g/mol. The predicted molar refractivity (Wildman–Crippen MR) is 53.1 cm³/mol. The van der Waals surface area contributed by atoms with E-state index < -0.39 is 11.9 Å². The summed E-state index contributed by atoms with van der Waals surface area (Å²) < 4.78 is 9.68. The van der Waals surface area contributed by atoms with Crippen LogP contribution in [-0.4, -0.2) is 30.0 Å². The van der Waals surface area contributed by atoms with Gasteiger partial charge in [-0.25, -0.2) is 4.79 Å². The summed E-state index contributed by atoms with van der Waals surface area (Å²) in [6.45, 7) is -0.277. The van der Waals surface area contributed by atoms with Crippen molar-refractivity contribution in [3.05, 3.63) is 0 Å². The van der Waals surface area contributed by atoms with Crippen molar-refractivity contribution in [2.45, 2.75) is 31.8 Å². The van der Waals surface area contributed by atoms with Crippen LogP contribution >= 0.6 is 15.9 Å². The molecule has 5 heteroatoms. The van der Waals surface area contributed by atoms with E-state index in [0.717, 1.165) is 25.7 Å². The van der Waals surface area contributed by atoms with Crippen molar-refractivity contribution in [3.8, 4) is 0 Å². The summed E-state index contributed by atoms with van der Waals surface area (Å²) in [6.07, 6.45) is 4.11. The Bertz CT molecular complexity index is 211. The van der Waals surface area contributed by atoms with E-state index >= 15 is 0 Å². The molecule has 0 atom stereocenters. The van der Waals surface area contributed by atoms with Crippen LogP contribution < -0.4 is 0 Å². The molecule has 0 amide bonds. The highest BCUT2D eigenvalue weighted by Crippen LogP contribution is 2.20. The van der Waals surface area contributed by atoms with Crippen molar-refractivity contribution in [2.75, 3.05) is 11.9 Å². The van der Waals surface area contributed by atoms with E-state index in [-0.39, 0.29) is 18.0 Å². The van der Waals surface area contributed by atoms with Gasteiger partial charge in [0, 0.05) is 0 Å². The second kappa shape index (κ2) is 6.01. The molecule has 80 valence electrons. The van der Waals surface area contributed by atoms with Gasteiger partial charge in [0.05, 0.1) is 0 Å². The maximum Gasteiger partial charge on any atom is 0.344 e. The molecular formula is C9H13BrO4. The van der Waals surface area contributed by atoms with E-state index in [1.165, 1.54) is 0 Å². The molecule has 0 unspecified atom stereocenters. The van der Waals surface area contributed by atoms with Crippen molar-refractivity contribution >= 4 is 27.9 Å². The number of carbonyl (C=O) groups is 2. The lowest BCUT2D eigenvalue weighted by Crippen LogP contribution is -2.21. The van der Waals surface area contributed by atoms with Crippen LogP contribution in [0.25, 0.3) is 0 Å². The minimum absolute atomic E-state index is 0.0326. The van der Waals surface area contributed by atoms with Crippen LogP contribution in [-0.2, 0) is 19.1 Å². The summed E-state index contributed by atoms with van der Waals surface area (Å²) in [5, 5.41) is 0.101. The highest BCUT2D eigenvalue weighted by molar-refractivity contribution is 9.09. The lowest BCUT2D eigenvalue weighted by Gasteiger charge is -2.10. The van der Waals surface area contributed by atoms with Crippen molar-refractivity contribution < 1.29 is 19.1 Å². The van der Waals surface area contributed by atoms with Gasteiger partial charge in [-0.05, 0) is 25.7 Å². The molecule has 1 aliphatic carbocycles. The molecule has 0 radical (unpaired) electrons. The third-order valence-electron chi connectivity index (χ3n) is 2.06. The summed E-state index contributed by atoms with van der Waals surface area (Å²) in [6, 6.07) is 0. The minimum Gasteiger partial charge on any atom is -0.460 e. The quantitative estimate of drug-likeness (QED) is 0.569. The van der Waals surface area contributed by atoms with Gasteiger partial charge in [0.1, 0.15) is 11.4 Å². The molecule has 0 N–H and O–H groups in total. The highest BCUT2D eigenvalue weighted by Gasteiger charge is 2.19. The van der Waals surface area contributed by atoms with Crippen LogP contribution in [0.3, 0.4) is 0 Å². The monoisotopic (exact) mass is 264 g/mol. The Morgan fingerprint density at radius 1 is 1.21 bits per heavy atom. The molecule has 0 spiro atoms. The van der Waals surface area contributed by atoms with Gasteiger partial charge in [-0.2, -0.15) is 0 Å².